The van der Waals surface area contributed by atoms with Gasteiger partial charge >= 0.3 is 10.4 Å². The quantitative estimate of drug-likeness (QED) is 0.707. The van der Waals surface area contributed by atoms with Crippen molar-refractivity contribution in [3.63, 3.8) is 0 Å². The summed E-state index contributed by atoms with van der Waals surface area (Å²) in [7, 11) is -4.77. The molecule has 118 valence electrons. The molecule has 8 heteroatoms. The molecule has 0 spiro atoms. The van der Waals surface area contributed by atoms with Gasteiger partial charge in [0, 0.05) is 23.8 Å². The fraction of sp³-hybridized carbons (Fsp3) is 0. The van der Waals surface area contributed by atoms with Crippen LogP contribution < -0.4 is 9.61 Å². The summed E-state index contributed by atoms with van der Waals surface area (Å²) in [5.74, 6) is -0.660. The predicted octanol–water partition coefficient (Wildman–Crippen LogP) is 2.35. The average Bonchev–Trinajstić information content (AvgIpc) is 2.45. The molecule has 0 aliphatic rings. The first kappa shape index (κ1) is 15.1. The van der Waals surface area contributed by atoms with Crippen LogP contribution in [0.25, 0.3) is 22.3 Å². The number of hydrogen-bond donors (Lipinski definition) is 2. The maximum Gasteiger partial charge on any atom is 0.446 e. The molecule has 0 bridgehead atoms. The number of rotatable bonds is 3. The summed E-state index contributed by atoms with van der Waals surface area (Å²) in [6.07, 6.45) is 0. The summed E-state index contributed by atoms with van der Waals surface area (Å²) in [5.41, 5.74) is 0.0584. The summed E-state index contributed by atoms with van der Waals surface area (Å²) >= 11 is 0. The molecule has 2 N–H and O–H groups in total. The molecule has 3 aromatic rings. The predicted molar refractivity (Wildman–Crippen MR) is 81.8 cm³/mol. The molecule has 0 amide bonds. The van der Waals surface area contributed by atoms with Crippen molar-refractivity contribution in [2.45, 2.75) is 0 Å². The van der Waals surface area contributed by atoms with Crippen LogP contribution >= 0.6 is 0 Å². The van der Waals surface area contributed by atoms with E-state index in [9.17, 15) is 18.3 Å². The first-order valence-corrected chi connectivity index (χ1v) is 7.73. The van der Waals surface area contributed by atoms with Gasteiger partial charge in [0.25, 0.3) is 0 Å². The second kappa shape index (κ2) is 5.41. The Bertz CT molecular complexity index is 1040. The fourth-order valence-electron chi connectivity index (χ4n) is 2.16. The monoisotopic (exact) mass is 334 g/mol. The molecule has 7 nitrogen and oxygen atoms in total. The van der Waals surface area contributed by atoms with Crippen LogP contribution in [0.1, 0.15) is 0 Å². The molecule has 0 atom stereocenters. The zero-order valence-corrected chi connectivity index (χ0v) is 12.3. The second-order valence-electron chi connectivity index (χ2n) is 4.67. The summed E-state index contributed by atoms with van der Waals surface area (Å²) in [4.78, 5) is 12.2. The molecular weight excluding hydrogens is 324 g/mol. The van der Waals surface area contributed by atoms with Crippen molar-refractivity contribution in [3.05, 3.63) is 58.8 Å². The van der Waals surface area contributed by atoms with Crippen LogP contribution in [0, 0.1) is 0 Å². The Morgan fingerprint density at radius 2 is 1.74 bits per heavy atom. The van der Waals surface area contributed by atoms with Gasteiger partial charge in [-0.3, -0.25) is 9.35 Å². The third kappa shape index (κ3) is 3.17. The van der Waals surface area contributed by atoms with Crippen molar-refractivity contribution in [1.82, 2.24) is 0 Å². The first-order valence-electron chi connectivity index (χ1n) is 6.37. The fourth-order valence-corrected chi connectivity index (χ4v) is 2.50. The van der Waals surface area contributed by atoms with Crippen molar-refractivity contribution < 1.29 is 26.7 Å². The number of phenols is 1. The van der Waals surface area contributed by atoms with Crippen LogP contribution in [0.4, 0.5) is 0 Å². The minimum Gasteiger partial charge on any atom is -0.507 e. The van der Waals surface area contributed by atoms with E-state index in [4.69, 9.17) is 8.97 Å². The molecule has 0 saturated heterocycles. The number of fused-ring (bicyclic) bond motifs is 1. The molecule has 0 fully saturated rings. The third-order valence-electron chi connectivity index (χ3n) is 3.04. The topological polar surface area (TPSA) is 114 Å². The smallest absolute Gasteiger partial charge is 0.446 e. The Hall–Kier alpha value is -2.84. The SMILES string of the molecule is O=c1cc(-c2ccccc2)oc2cc(OS(=O)(=O)O)cc(O)c12. The molecule has 0 aliphatic carbocycles. The van der Waals surface area contributed by atoms with Gasteiger partial charge in [-0.1, -0.05) is 30.3 Å². The number of aromatic hydroxyl groups is 1. The third-order valence-corrected chi connectivity index (χ3v) is 3.45. The van der Waals surface area contributed by atoms with Crippen LogP contribution in [0.3, 0.4) is 0 Å². The van der Waals surface area contributed by atoms with E-state index in [1.54, 1.807) is 30.3 Å². The highest BCUT2D eigenvalue weighted by atomic mass is 32.3. The summed E-state index contributed by atoms with van der Waals surface area (Å²) in [6.45, 7) is 0. The van der Waals surface area contributed by atoms with Gasteiger partial charge in [-0.05, 0) is 0 Å². The minimum absolute atomic E-state index is 0.0741. The largest absolute Gasteiger partial charge is 0.507 e. The Morgan fingerprint density at radius 1 is 1.04 bits per heavy atom. The lowest BCUT2D eigenvalue weighted by Crippen LogP contribution is -2.07. The van der Waals surface area contributed by atoms with Gasteiger partial charge in [0.05, 0.1) is 0 Å². The minimum atomic E-state index is -4.77. The summed E-state index contributed by atoms with van der Waals surface area (Å²) in [6, 6.07) is 12.0. The Kier molecular flexibility index (Phi) is 3.55. The van der Waals surface area contributed by atoms with Gasteiger partial charge in [-0.15, -0.1) is 0 Å². The normalized spacial score (nSPS) is 11.5. The average molecular weight is 334 g/mol. The van der Waals surface area contributed by atoms with E-state index in [1.807, 2.05) is 0 Å². The molecule has 0 unspecified atom stereocenters. The van der Waals surface area contributed by atoms with Crippen molar-refractivity contribution in [1.29, 1.82) is 0 Å². The zero-order chi connectivity index (χ0) is 16.6. The molecule has 1 aromatic heterocycles. The zero-order valence-electron chi connectivity index (χ0n) is 11.5. The van der Waals surface area contributed by atoms with Crippen LogP contribution in [0.15, 0.2) is 57.7 Å². The highest BCUT2D eigenvalue weighted by Gasteiger charge is 2.15. The lowest BCUT2D eigenvalue weighted by atomic mass is 10.1. The molecule has 3 rings (SSSR count). The lowest BCUT2D eigenvalue weighted by molar-refractivity contribution is 0.385. The van der Waals surface area contributed by atoms with Crippen molar-refractivity contribution >= 4 is 21.4 Å². The molecule has 0 aliphatic heterocycles. The van der Waals surface area contributed by atoms with E-state index in [2.05, 4.69) is 4.18 Å². The van der Waals surface area contributed by atoms with Crippen LogP contribution in [-0.4, -0.2) is 18.1 Å². The van der Waals surface area contributed by atoms with E-state index in [1.165, 1.54) is 6.07 Å². The summed E-state index contributed by atoms with van der Waals surface area (Å²) in [5, 5.41) is 9.76. The van der Waals surface area contributed by atoms with Crippen molar-refractivity contribution in [3.8, 4) is 22.8 Å². The van der Waals surface area contributed by atoms with Gasteiger partial charge in [-0.2, -0.15) is 8.42 Å². The first-order chi connectivity index (χ1) is 10.8. The second-order valence-corrected chi connectivity index (χ2v) is 5.69. The van der Waals surface area contributed by atoms with Gasteiger partial charge in [0.15, 0.2) is 11.2 Å². The molecular formula is C15H10O7S. The Labute approximate surface area is 130 Å². The van der Waals surface area contributed by atoms with E-state index in [-0.39, 0.29) is 22.5 Å². The van der Waals surface area contributed by atoms with Crippen LogP contribution in [0.2, 0.25) is 0 Å². The van der Waals surface area contributed by atoms with Crippen molar-refractivity contribution in [2.75, 3.05) is 0 Å². The van der Waals surface area contributed by atoms with E-state index < -0.39 is 21.6 Å². The number of phenolic OH excluding ortho intramolecular Hbond substituents is 1. The standard InChI is InChI=1S/C15H10O7S/c16-11-6-10(22-23(18,19)20)7-14-15(11)12(17)8-13(21-14)9-4-2-1-3-5-9/h1-8,16H,(H,18,19,20). The van der Waals surface area contributed by atoms with Gasteiger partial charge in [0.1, 0.15) is 22.5 Å². The number of benzene rings is 2. The lowest BCUT2D eigenvalue weighted by Gasteiger charge is -2.07. The van der Waals surface area contributed by atoms with Crippen molar-refractivity contribution in [2.24, 2.45) is 0 Å². The highest BCUT2D eigenvalue weighted by molar-refractivity contribution is 7.81. The van der Waals surface area contributed by atoms with Crippen LogP contribution in [-0.2, 0) is 10.4 Å². The summed E-state index contributed by atoms with van der Waals surface area (Å²) < 4.78 is 40.1. The molecule has 0 radical (unpaired) electrons. The van der Waals surface area contributed by atoms with Gasteiger partial charge < -0.3 is 13.7 Å². The molecule has 23 heavy (non-hydrogen) atoms. The highest BCUT2D eigenvalue weighted by Crippen LogP contribution is 2.31. The molecule has 0 saturated carbocycles. The Morgan fingerprint density at radius 3 is 2.39 bits per heavy atom. The van der Waals surface area contributed by atoms with Gasteiger partial charge in [0.2, 0.25) is 0 Å². The number of hydrogen-bond acceptors (Lipinski definition) is 6. The van der Waals surface area contributed by atoms with E-state index >= 15 is 0 Å². The van der Waals surface area contributed by atoms with Crippen LogP contribution in [0.5, 0.6) is 11.5 Å². The van der Waals surface area contributed by atoms with Gasteiger partial charge in [-0.25, -0.2) is 0 Å². The van der Waals surface area contributed by atoms with E-state index in [0.717, 1.165) is 12.1 Å². The molecule has 1 heterocycles. The Balaban J connectivity index is 2.24. The maximum absolute atomic E-state index is 12.2. The van der Waals surface area contributed by atoms with E-state index in [0.29, 0.717) is 5.56 Å². The maximum atomic E-state index is 12.2. The molecule has 2 aromatic carbocycles.